The van der Waals surface area contributed by atoms with Crippen molar-refractivity contribution in [1.29, 1.82) is 5.26 Å². The zero-order valence-corrected chi connectivity index (χ0v) is 13.5. The van der Waals surface area contributed by atoms with Crippen LogP contribution in [0, 0.1) is 17.3 Å². The number of halogens is 1. The zero-order valence-electron chi connectivity index (χ0n) is 11.9. The smallest absolute Gasteiger partial charge is 0.183 e. The van der Waals surface area contributed by atoms with Crippen molar-refractivity contribution in [2.75, 3.05) is 12.9 Å². The lowest BCUT2D eigenvalue weighted by Crippen LogP contribution is -2.12. The highest BCUT2D eigenvalue weighted by molar-refractivity contribution is 8.13. The van der Waals surface area contributed by atoms with Crippen LogP contribution >= 0.6 is 23.1 Å². The molecule has 2 aromatic rings. The number of thioether (sulfide) groups is 1. The van der Waals surface area contributed by atoms with Crippen molar-refractivity contribution >= 4 is 34.0 Å². The van der Waals surface area contributed by atoms with Gasteiger partial charge in [0.15, 0.2) is 11.4 Å². The van der Waals surface area contributed by atoms with Crippen LogP contribution in [0.5, 0.6) is 5.75 Å². The van der Waals surface area contributed by atoms with Gasteiger partial charge in [-0.1, -0.05) is 17.8 Å². The number of amidine groups is 1. The Hall–Kier alpha value is -2.04. The maximum atomic E-state index is 13.4. The molecule has 0 aliphatic heterocycles. The van der Waals surface area contributed by atoms with Crippen LogP contribution in [-0.4, -0.2) is 18.0 Å². The summed E-state index contributed by atoms with van der Waals surface area (Å²) in [5.41, 5.74) is 0.360. The van der Waals surface area contributed by atoms with E-state index in [4.69, 9.17) is 10.00 Å². The monoisotopic (exact) mass is 335 g/mol. The number of hydrogen-bond acceptors (Lipinski definition) is 5. The van der Waals surface area contributed by atoms with Crippen molar-refractivity contribution in [3.63, 3.8) is 0 Å². The van der Waals surface area contributed by atoms with Crippen molar-refractivity contribution in [3.8, 4) is 11.9 Å². The van der Waals surface area contributed by atoms with Gasteiger partial charge in [-0.25, -0.2) is 9.38 Å². The number of nitrogens with one attached hydrogen (secondary N) is 1. The Morgan fingerprint density at radius 1 is 1.50 bits per heavy atom. The van der Waals surface area contributed by atoms with E-state index >= 15 is 0 Å². The fourth-order valence-corrected chi connectivity index (χ4v) is 2.73. The van der Waals surface area contributed by atoms with Crippen molar-refractivity contribution < 1.29 is 9.13 Å². The summed E-state index contributed by atoms with van der Waals surface area (Å²) in [7, 11) is 0. The SMILES string of the molecule is CSC(=Nc1cc(F)ccc1OCCc1cccs1)NC#N. The van der Waals surface area contributed by atoms with E-state index in [9.17, 15) is 4.39 Å². The highest BCUT2D eigenvalue weighted by Crippen LogP contribution is 2.29. The first-order valence-corrected chi connectivity index (χ1v) is 8.56. The summed E-state index contributed by atoms with van der Waals surface area (Å²) < 4.78 is 19.1. The van der Waals surface area contributed by atoms with Gasteiger partial charge in [-0.2, -0.15) is 5.26 Å². The Morgan fingerprint density at radius 3 is 3.05 bits per heavy atom. The molecule has 0 unspecified atom stereocenters. The van der Waals surface area contributed by atoms with E-state index in [0.717, 1.165) is 6.42 Å². The number of thiophene rings is 1. The summed E-state index contributed by atoms with van der Waals surface area (Å²) in [4.78, 5) is 5.45. The second-order valence-electron chi connectivity index (χ2n) is 4.15. The Morgan fingerprint density at radius 2 is 2.36 bits per heavy atom. The Balaban J connectivity index is 2.11. The molecule has 7 heteroatoms. The second kappa shape index (κ2) is 8.41. The van der Waals surface area contributed by atoms with Gasteiger partial charge in [0.05, 0.1) is 6.61 Å². The van der Waals surface area contributed by atoms with E-state index in [-0.39, 0.29) is 0 Å². The van der Waals surface area contributed by atoms with E-state index in [1.807, 2.05) is 17.5 Å². The second-order valence-corrected chi connectivity index (χ2v) is 5.97. The average molecular weight is 335 g/mol. The maximum absolute atomic E-state index is 13.4. The first-order chi connectivity index (χ1) is 10.7. The number of benzene rings is 1. The molecule has 1 aromatic heterocycles. The molecule has 0 atom stereocenters. The Kier molecular flexibility index (Phi) is 6.25. The quantitative estimate of drug-likeness (QED) is 0.389. The molecular weight excluding hydrogens is 321 g/mol. The molecule has 0 spiro atoms. The minimum atomic E-state index is -0.401. The topological polar surface area (TPSA) is 57.4 Å². The van der Waals surface area contributed by atoms with E-state index in [1.165, 1.54) is 28.8 Å². The van der Waals surface area contributed by atoms with Gasteiger partial charge in [-0.05, 0) is 29.8 Å². The molecule has 0 aliphatic carbocycles. The number of rotatable bonds is 5. The molecule has 4 nitrogen and oxygen atoms in total. The van der Waals surface area contributed by atoms with E-state index in [0.29, 0.717) is 23.2 Å². The third kappa shape index (κ3) is 4.76. The molecule has 0 saturated heterocycles. The maximum Gasteiger partial charge on any atom is 0.183 e. The molecule has 114 valence electrons. The summed E-state index contributed by atoms with van der Waals surface area (Å²) in [6.45, 7) is 0.481. The summed E-state index contributed by atoms with van der Waals surface area (Å²) in [5, 5.41) is 13.5. The number of aliphatic imine (C=N–C) groups is 1. The van der Waals surface area contributed by atoms with Gasteiger partial charge in [-0.15, -0.1) is 11.3 Å². The van der Waals surface area contributed by atoms with Gasteiger partial charge in [0.2, 0.25) is 0 Å². The fraction of sp³-hybridized carbons (Fsp3) is 0.200. The lowest BCUT2D eigenvalue weighted by atomic mass is 10.3. The summed E-state index contributed by atoms with van der Waals surface area (Å²) in [6, 6.07) is 8.20. The van der Waals surface area contributed by atoms with Crippen LogP contribution < -0.4 is 10.1 Å². The molecule has 0 fully saturated rings. The number of ether oxygens (including phenoxy) is 1. The fourth-order valence-electron chi connectivity index (χ4n) is 1.70. The van der Waals surface area contributed by atoms with E-state index in [2.05, 4.69) is 10.3 Å². The molecule has 0 aliphatic rings. The minimum absolute atomic E-state index is 0.360. The van der Waals surface area contributed by atoms with E-state index < -0.39 is 5.82 Å². The van der Waals surface area contributed by atoms with Gasteiger partial charge in [0.25, 0.3) is 0 Å². The molecule has 1 aromatic carbocycles. The van der Waals surface area contributed by atoms with Crippen LogP contribution in [0.15, 0.2) is 40.7 Å². The summed E-state index contributed by atoms with van der Waals surface area (Å²) in [5.74, 6) is 0.0889. The zero-order chi connectivity index (χ0) is 15.8. The predicted octanol–water partition coefficient (Wildman–Crippen LogP) is 3.93. The molecule has 0 saturated carbocycles. The standard InChI is InChI=1S/C15H14FN3OS2/c1-21-15(18-10-17)19-13-9-11(16)4-5-14(13)20-7-6-12-3-2-8-22-12/h2-5,8-9H,6-7H2,1H3,(H,18,19). The highest BCUT2D eigenvalue weighted by atomic mass is 32.2. The summed E-state index contributed by atoms with van der Waals surface area (Å²) >= 11 is 2.93. The van der Waals surface area contributed by atoms with Crippen LogP contribution in [0.4, 0.5) is 10.1 Å². The largest absolute Gasteiger partial charge is 0.491 e. The van der Waals surface area contributed by atoms with Crippen molar-refractivity contribution in [1.82, 2.24) is 5.32 Å². The first-order valence-electron chi connectivity index (χ1n) is 6.45. The Bertz CT molecular complexity index is 681. The van der Waals surface area contributed by atoms with Crippen LogP contribution in [-0.2, 0) is 6.42 Å². The van der Waals surface area contributed by atoms with Crippen molar-refractivity contribution in [2.45, 2.75) is 6.42 Å². The van der Waals surface area contributed by atoms with Gasteiger partial charge in [0.1, 0.15) is 17.3 Å². The van der Waals surface area contributed by atoms with Gasteiger partial charge in [0, 0.05) is 17.4 Å². The average Bonchev–Trinajstić information content (AvgIpc) is 3.02. The molecule has 0 radical (unpaired) electrons. The molecule has 0 amide bonds. The van der Waals surface area contributed by atoms with Gasteiger partial charge in [-0.3, -0.25) is 5.32 Å². The summed E-state index contributed by atoms with van der Waals surface area (Å²) in [6.07, 6.45) is 4.36. The molecule has 0 bridgehead atoms. The van der Waals surface area contributed by atoms with Gasteiger partial charge < -0.3 is 4.74 Å². The first kappa shape index (κ1) is 16.3. The molecule has 1 heterocycles. The third-order valence-electron chi connectivity index (χ3n) is 2.69. The molecule has 2 rings (SSSR count). The highest BCUT2D eigenvalue weighted by Gasteiger charge is 2.07. The number of nitrogens with zero attached hydrogens (tertiary/aromatic N) is 2. The third-order valence-corrected chi connectivity index (χ3v) is 4.20. The van der Waals surface area contributed by atoms with Crippen molar-refractivity contribution in [2.24, 2.45) is 4.99 Å². The van der Waals surface area contributed by atoms with Crippen LogP contribution in [0.1, 0.15) is 4.88 Å². The van der Waals surface area contributed by atoms with Crippen molar-refractivity contribution in [3.05, 3.63) is 46.4 Å². The van der Waals surface area contributed by atoms with Crippen LogP contribution in [0.3, 0.4) is 0 Å². The molecular formula is C15H14FN3OS2. The number of hydrogen-bond donors (Lipinski definition) is 1. The van der Waals surface area contributed by atoms with Gasteiger partial charge >= 0.3 is 0 Å². The minimum Gasteiger partial charge on any atom is -0.491 e. The normalized spacial score (nSPS) is 11.0. The van der Waals surface area contributed by atoms with Crippen LogP contribution in [0.25, 0.3) is 0 Å². The molecule has 1 N–H and O–H groups in total. The van der Waals surface area contributed by atoms with Crippen LogP contribution in [0.2, 0.25) is 0 Å². The molecule has 22 heavy (non-hydrogen) atoms. The predicted molar refractivity (Wildman–Crippen MR) is 89.3 cm³/mol. The van der Waals surface area contributed by atoms with E-state index in [1.54, 1.807) is 29.9 Å². The Labute approximate surface area is 136 Å². The lowest BCUT2D eigenvalue weighted by Gasteiger charge is -2.09. The number of nitriles is 1. The lowest BCUT2D eigenvalue weighted by molar-refractivity contribution is 0.323.